The van der Waals surface area contributed by atoms with E-state index in [2.05, 4.69) is 9.97 Å². The number of rotatable bonds is 4. The molecule has 4 rings (SSSR count). The molecule has 1 amide bonds. The van der Waals surface area contributed by atoms with E-state index in [0.29, 0.717) is 36.5 Å². The number of hydrogen-bond donors (Lipinski definition) is 1. The Kier molecular flexibility index (Phi) is 5.50. The van der Waals surface area contributed by atoms with Crippen molar-refractivity contribution in [2.75, 3.05) is 4.90 Å². The Bertz CT molecular complexity index is 1300. The van der Waals surface area contributed by atoms with Gasteiger partial charge in [-0.25, -0.2) is 0 Å². The highest BCUT2D eigenvalue weighted by molar-refractivity contribution is 7.73. The van der Waals surface area contributed by atoms with Crippen molar-refractivity contribution in [3.63, 3.8) is 0 Å². The molecule has 10 heteroatoms. The maximum Gasteiger partial charge on any atom is 0.416 e. The van der Waals surface area contributed by atoms with Crippen LogP contribution in [-0.2, 0) is 12.7 Å². The molecule has 2 aromatic heterocycles. The summed E-state index contributed by atoms with van der Waals surface area (Å²) in [5, 5.41) is 11.9. The number of carbonyl (C=O) groups excluding carboxylic acids is 1. The molecule has 0 spiro atoms. The topological polar surface area (TPSA) is 72.0 Å². The molecule has 4 aromatic rings. The first kappa shape index (κ1) is 21.0. The molecule has 0 fully saturated rings. The number of anilines is 1. The van der Waals surface area contributed by atoms with Crippen LogP contribution in [0.3, 0.4) is 0 Å². The molecule has 2 aromatic carbocycles. The van der Waals surface area contributed by atoms with Crippen LogP contribution in [0.25, 0.3) is 21.3 Å². The lowest BCUT2D eigenvalue weighted by atomic mass is 10.0. The van der Waals surface area contributed by atoms with E-state index in [1.807, 2.05) is 0 Å². The van der Waals surface area contributed by atoms with Crippen LogP contribution in [0.15, 0.2) is 60.9 Å². The number of aromatic amines is 1. The fourth-order valence-electron chi connectivity index (χ4n) is 3.19. The van der Waals surface area contributed by atoms with Crippen LogP contribution in [0, 0.1) is 3.95 Å². The van der Waals surface area contributed by atoms with Gasteiger partial charge in [-0.2, -0.15) is 13.2 Å². The molecule has 0 aliphatic heterocycles. The van der Waals surface area contributed by atoms with Crippen LogP contribution in [0.4, 0.5) is 23.7 Å². The lowest BCUT2D eigenvalue weighted by Crippen LogP contribution is -2.40. The number of pyridine rings is 1. The average molecular weight is 460 g/mol. The number of fused-ring (bicyclic) bond motifs is 1. The summed E-state index contributed by atoms with van der Waals surface area (Å²) in [4.78, 5) is 19.9. The third-order valence-corrected chi connectivity index (χ3v) is 5.84. The smallest absolute Gasteiger partial charge is 0.416 e. The van der Waals surface area contributed by atoms with Gasteiger partial charge in [0.05, 0.1) is 15.8 Å². The number of H-pyrrole nitrogens is 1. The molecule has 0 bridgehead atoms. The summed E-state index contributed by atoms with van der Waals surface area (Å²) in [5.74, 6) is 0. The highest BCUT2D eigenvalue weighted by Crippen LogP contribution is 2.37. The number of alkyl halides is 3. The van der Waals surface area contributed by atoms with Crippen molar-refractivity contribution in [1.29, 1.82) is 0 Å². The number of carbonyl (C=O) groups is 1. The highest BCUT2D eigenvalue weighted by atomic mass is 32.1. The standard InChI is InChI=1S/C21H14F3N3O2S2/c22-21(23,24)14-3-1-13(2-4-14)16-9-15(10-17-18(16)26-19(30)31-17)27(20(28)29)11-12-5-7-25-8-6-12/h1-10H,11H2,(H,26,30)(H,28,29)/p-1. The fourth-order valence-corrected chi connectivity index (χ4v) is 4.36. The number of hydrogen-bond acceptors (Lipinski definition) is 5. The van der Waals surface area contributed by atoms with Gasteiger partial charge in [-0.3, -0.25) is 4.98 Å². The van der Waals surface area contributed by atoms with Gasteiger partial charge in [-0.15, -0.1) is 11.3 Å². The maximum atomic E-state index is 12.9. The summed E-state index contributed by atoms with van der Waals surface area (Å²) in [6, 6.07) is 11.3. The van der Waals surface area contributed by atoms with Crippen LogP contribution < -0.4 is 10.0 Å². The Hall–Kier alpha value is -3.24. The molecule has 0 atom stereocenters. The number of thiazole rings is 1. The largest absolute Gasteiger partial charge is 0.530 e. The second kappa shape index (κ2) is 8.12. The Morgan fingerprint density at radius 2 is 1.81 bits per heavy atom. The highest BCUT2D eigenvalue weighted by Gasteiger charge is 2.30. The second-order valence-corrected chi connectivity index (χ2v) is 8.38. The quantitative estimate of drug-likeness (QED) is 0.415. The first-order valence-corrected chi connectivity index (χ1v) is 10.2. The minimum atomic E-state index is -4.45. The Morgan fingerprint density at radius 1 is 1.13 bits per heavy atom. The van der Waals surface area contributed by atoms with Crippen LogP contribution in [-0.4, -0.2) is 16.1 Å². The zero-order valence-electron chi connectivity index (χ0n) is 15.6. The minimum Gasteiger partial charge on any atom is -0.530 e. The zero-order chi connectivity index (χ0) is 22.2. The Morgan fingerprint density at radius 3 is 2.42 bits per heavy atom. The molecular weight excluding hydrogens is 447 g/mol. The van der Waals surface area contributed by atoms with Gasteiger partial charge in [-0.05, 0) is 59.7 Å². The van der Waals surface area contributed by atoms with Crippen molar-refractivity contribution < 1.29 is 23.1 Å². The third kappa shape index (κ3) is 4.44. The summed E-state index contributed by atoms with van der Waals surface area (Å²) < 4.78 is 40.0. The van der Waals surface area contributed by atoms with E-state index in [4.69, 9.17) is 12.2 Å². The van der Waals surface area contributed by atoms with Crippen LogP contribution >= 0.6 is 23.6 Å². The normalized spacial score (nSPS) is 11.6. The van der Waals surface area contributed by atoms with Gasteiger partial charge >= 0.3 is 6.18 Å². The number of halogens is 3. The predicted octanol–water partition coefficient (Wildman–Crippen LogP) is 5.39. The van der Waals surface area contributed by atoms with Gasteiger partial charge in [0.15, 0.2) is 3.95 Å². The molecule has 0 saturated carbocycles. The molecule has 0 aliphatic carbocycles. The number of nitrogens with zero attached hydrogens (tertiary/aromatic N) is 2. The van der Waals surface area contributed by atoms with Gasteiger partial charge in [0.1, 0.15) is 6.09 Å². The van der Waals surface area contributed by atoms with Gasteiger partial charge in [-0.1, -0.05) is 12.1 Å². The zero-order valence-corrected chi connectivity index (χ0v) is 17.3. The second-order valence-electron chi connectivity index (χ2n) is 6.66. The lowest BCUT2D eigenvalue weighted by Gasteiger charge is -2.26. The number of carboxylic acid groups (broad SMARTS) is 1. The van der Waals surface area contributed by atoms with E-state index in [-0.39, 0.29) is 6.54 Å². The van der Waals surface area contributed by atoms with E-state index in [1.165, 1.54) is 23.5 Å². The summed E-state index contributed by atoms with van der Waals surface area (Å²) >= 11 is 6.47. The van der Waals surface area contributed by atoms with E-state index < -0.39 is 17.8 Å². The van der Waals surface area contributed by atoms with E-state index in [9.17, 15) is 23.1 Å². The molecule has 0 radical (unpaired) electrons. The van der Waals surface area contributed by atoms with E-state index in [0.717, 1.165) is 17.0 Å². The van der Waals surface area contributed by atoms with E-state index >= 15 is 0 Å². The van der Waals surface area contributed by atoms with Gasteiger partial charge < -0.3 is 19.8 Å². The molecular formula is C21H13F3N3O2S2-. The Labute approximate surface area is 183 Å². The summed E-state index contributed by atoms with van der Waals surface area (Å²) in [5.41, 5.74) is 1.92. The van der Waals surface area contributed by atoms with Gasteiger partial charge in [0.2, 0.25) is 0 Å². The van der Waals surface area contributed by atoms with Crippen molar-refractivity contribution in [1.82, 2.24) is 9.97 Å². The number of benzene rings is 2. The van der Waals surface area contributed by atoms with Crippen LogP contribution in [0.1, 0.15) is 11.1 Å². The van der Waals surface area contributed by atoms with Crippen molar-refractivity contribution in [2.45, 2.75) is 12.7 Å². The monoisotopic (exact) mass is 460 g/mol. The van der Waals surface area contributed by atoms with Crippen molar-refractivity contribution >= 4 is 45.6 Å². The molecule has 158 valence electrons. The molecule has 5 nitrogen and oxygen atoms in total. The fraction of sp³-hybridized carbons (Fsp3) is 0.0952. The minimum absolute atomic E-state index is 0.0264. The Balaban J connectivity index is 1.84. The molecule has 2 heterocycles. The average Bonchev–Trinajstić information content (AvgIpc) is 3.11. The molecule has 1 N–H and O–H groups in total. The van der Waals surface area contributed by atoms with Gasteiger partial charge in [0, 0.05) is 30.2 Å². The first-order chi connectivity index (χ1) is 14.7. The van der Waals surface area contributed by atoms with Crippen molar-refractivity contribution in [2.24, 2.45) is 0 Å². The number of amides is 1. The third-order valence-electron chi connectivity index (χ3n) is 4.66. The summed E-state index contributed by atoms with van der Waals surface area (Å²) in [6.45, 7) is 0.0264. The molecule has 31 heavy (non-hydrogen) atoms. The molecule has 0 aliphatic rings. The van der Waals surface area contributed by atoms with Crippen molar-refractivity contribution in [3.05, 3.63) is 76.0 Å². The van der Waals surface area contributed by atoms with Gasteiger partial charge in [0.25, 0.3) is 0 Å². The predicted molar refractivity (Wildman–Crippen MR) is 113 cm³/mol. The number of nitrogens with one attached hydrogen (secondary N) is 1. The summed E-state index contributed by atoms with van der Waals surface area (Å²) in [7, 11) is 0. The lowest BCUT2D eigenvalue weighted by molar-refractivity contribution is -0.246. The van der Waals surface area contributed by atoms with Crippen molar-refractivity contribution in [3.8, 4) is 11.1 Å². The maximum absolute atomic E-state index is 12.9. The van der Waals surface area contributed by atoms with Crippen LogP contribution in [0.5, 0.6) is 0 Å². The molecule has 0 saturated heterocycles. The summed E-state index contributed by atoms with van der Waals surface area (Å²) in [6.07, 6.45) is -2.75. The molecule has 0 unspecified atom stereocenters. The first-order valence-electron chi connectivity index (χ1n) is 8.94. The SMILES string of the molecule is O=C([O-])N(Cc1ccncc1)c1cc(-c2ccc(C(F)(F)F)cc2)c2[nH]c(=S)sc2c1. The number of aromatic nitrogens is 2. The van der Waals surface area contributed by atoms with Crippen LogP contribution in [0.2, 0.25) is 0 Å². The van der Waals surface area contributed by atoms with E-state index in [1.54, 1.807) is 36.7 Å².